The van der Waals surface area contributed by atoms with Crippen LogP contribution in [0.5, 0.6) is 0 Å². The van der Waals surface area contributed by atoms with Gasteiger partial charge in [0.2, 0.25) is 0 Å². The van der Waals surface area contributed by atoms with E-state index in [1.807, 2.05) is 50.3 Å². The van der Waals surface area contributed by atoms with E-state index in [9.17, 15) is 14.7 Å². The van der Waals surface area contributed by atoms with Crippen LogP contribution in [-0.2, 0) is 9.59 Å². The molecule has 1 aliphatic heterocycles. The van der Waals surface area contributed by atoms with E-state index in [1.54, 1.807) is 18.4 Å². The third-order valence-electron chi connectivity index (χ3n) is 4.28. The molecule has 2 rings (SSSR count). The summed E-state index contributed by atoms with van der Waals surface area (Å²) in [5.41, 5.74) is 2.66. The zero-order valence-corrected chi connectivity index (χ0v) is 15.0. The van der Waals surface area contributed by atoms with E-state index < -0.39 is 17.9 Å². The number of hydrogen-bond acceptors (Lipinski definition) is 3. The fourth-order valence-electron chi connectivity index (χ4n) is 2.84. The molecule has 1 heterocycles. The second-order valence-electron chi connectivity index (χ2n) is 6.08. The smallest absolute Gasteiger partial charge is 0.313 e. The summed E-state index contributed by atoms with van der Waals surface area (Å²) in [5, 5.41) is 15.5. The highest BCUT2D eigenvalue weighted by atomic mass is 16.4. The molecule has 136 valence electrons. The topological polar surface area (TPSA) is 78.4 Å². The fourth-order valence-corrected chi connectivity index (χ4v) is 2.84. The first kappa shape index (κ1) is 19.2. The average Bonchev–Trinajstić information content (AvgIpc) is 2.60. The number of carbonyl (C=O) groups excluding carboxylic acids is 1. The Kier molecular flexibility index (Phi) is 6.55. The number of hydrogen-bond donors (Lipinski definition) is 3. The fraction of sp³-hybridized carbons (Fsp3) is 0.238. The SMILES string of the molecule is C=C1C(=O)NC(/C=C/Nc2ccccc2C)C(C(=O)O)C1=CC/C=C\C. The van der Waals surface area contributed by atoms with E-state index in [-0.39, 0.29) is 11.5 Å². The van der Waals surface area contributed by atoms with Gasteiger partial charge in [-0.05, 0) is 49.7 Å². The Labute approximate surface area is 153 Å². The van der Waals surface area contributed by atoms with Gasteiger partial charge in [0.05, 0.1) is 6.04 Å². The molecule has 0 spiro atoms. The molecule has 0 radical (unpaired) electrons. The number of carbonyl (C=O) groups is 2. The molecule has 1 aromatic carbocycles. The van der Waals surface area contributed by atoms with Crippen LogP contribution in [-0.4, -0.2) is 23.0 Å². The number of nitrogens with one attached hydrogen (secondary N) is 2. The molecule has 0 aromatic heterocycles. The van der Waals surface area contributed by atoms with E-state index >= 15 is 0 Å². The summed E-state index contributed by atoms with van der Waals surface area (Å²) in [6.07, 6.45) is 9.42. The van der Waals surface area contributed by atoms with E-state index in [0.29, 0.717) is 12.0 Å². The van der Waals surface area contributed by atoms with Crippen LogP contribution in [0.2, 0.25) is 0 Å². The molecule has 1 aliphatic rings. The number of carboxylic acids is 1. The first-order chi connectivity index (χ1) is 12.5. The minimum atomic E-state index is -0.997. The summed E-state index contributed by atoms with van der Waals surface area (Å²) in [5.74, 6) is -2.22. The summed E-state index contributed by atoms with van der Waals surface area (Å²) in [6, 6.07) is 7.11. The standard InChI is InChI=1S/C21H24N2O3/c1-4-5-6-10-16-15(3)20(24)23-18(19(16)21(25)26)12-13-22-17-11-8-7-9-14(17)2/h4-5,7-13,18-19,22H,3,6H2,1-2H3,(H,23,24)(H,25,26)/b5-4-,13-12+,16-10?. The highest BCUT2D eigenvalue weighted by molar-refractivity contribution is 6.01. The maximum absolute atomic E-state index is 12.2. The first-order valence-electron chi connectivity index (χ1n) is 8.48. The Morgan fingerprint density at radius 3 is 2.77 bits per heavy atom. The largest absolute Gasteiger partial charge is 0.481 e. The zero-order valence-electron chi connectivity index (χ0n) is 15.0. The van der Waals surface area contributed by atoms with Crippen LogP contribution in [0, 0.1) is 12.8 Å². The Morgan fingerprint density at radius 1 is 1.38 bits per heavy atom. The molecule has 26 heavy (non-hydrogen) atoms. The molecule has 1 fully saturated rings. The van der Waals surface area contributed by atoms with Crippen molar-refractivity contribution in [3.63, 3.8) is 0 Å². The highest BCUT2D eigenvalue weighted by Crippen LogP contribution is 2.29. The Bertz CT molecular complexity index is 790. The number of piperidine rings is 1. The van der Waals surface area contributed by atoms with E-state index in [1.165, 1.54) is 0 Å². The molecule has 0 saturated carbocycles. The number of benzene rings is 1. The summed E-state index contributed by atoms with van der Waals surface area (Å²) < 4.78 is 0. The number of allylic oxidation sites excluding steroid dienone is 3. The third-order valence-corrected chi connectivity index (χ3v) is 4.28. The molecule has 0 bridgehead atoms. The van der Waals surface area contributed by atoms with Crippen molar-refractivity contribution in [2.45, 2.75) is 26.3 Å². The van der Waals surface area contributed by atoms with Crippen molar-refractivity contribution in [3.05, 3.63) is 78.1 Å². The van der Waals surface area contributed by atoms with Gasteiger partial charge in [-0.2, -0.15) is 0 Å². The average molecular weight is 352 g/mol. The Hall–Kier alpha value is -3.08. The van der Waals surface area contributed by atoms with Crippen LogP contribution < -0.4 is 10.6 Å². The van der Waals surface area contributed by atoms with Gasteiger partial charge in [-0.15, -0.1) is 0 Å². The number of aliphatic carboxylic acids is 1. The highest BCUT2D eigenvalue weighted by Gasteiger charge is 2.38. The lowest BCUT2D eigenvalue weighted by Gasteiger charge is -2.31. The lowest BCUT2D eigenvalue weighted by Crippen LogP contribution is -2.49. The summed E-state index contributed by atoms with van der Waals surface area (Å²) >= 11 is 0. The van der Waals surface area contributed by atoms with Crippen molar-refractivity contribution in [2.24, 2.45) is 5.92 Å². The quantitative estimate of drug-likeness (QED) is 0.540. The monoisotopic (exact) mass is 352 g/mol. The first-order valence-corrected chi connectivity index (χ1v) is 8.48. The lowest BCUT2D eigenvalue weighted by molar-refractivity contribution is -0.141. The van der Waals surface area contributed by atoms with E-state index in [2.05, 4.69) is 17.2 Å². The van der Waals surface area contributed by atoms with E-state index in [4.69, 9.17) is 0 Å². The van der Waals surface area contributed by atoms with Crippen molar-refractivity contribution in [3.8, 4) is 0 Å². The zero-order chi connectivity index (χ0) is 19.1. The predicted octanol–water partition coefficient (Wildman–Crippen LogP) is 3.57. The molecule has 5 nitrogen and oxygen atoms in total. The minimum absolute atomic E-state index is 0.207. The number of anilines is 1. The van der Waals surface area contributed by atoms with Crippen LogP contribution in [0.3, 0.4) is 0 Å². The van der Waals surface area contributed by atoms with Gasteiger partial charge in [-0.25, -0.2) is 0 Å². The van der Waals surface area contributed by atoms with Gasteiger partial charge in [0.1, 0.15) is 5.92 Å². The molecular formula is C21H24N2O3. The minimum Gasteiger partial charge on any atom is -0.481 e. The maximum atomic E-state index is 12.2. The van der Waals surface area contributed by atoms with Crippen LogP contribution in [0.15, 0.2) is 72.5 Å². The number of rotatable bonds is 6. The Balaban J connectivity index is 2.24. The van der Waals surface area contributed by atoms with Crippen LogP contribution in [0.4, 0.5) is 5.69 Å². The summed E-state index contributed by atoms with van der Waals surface area (Å²) in [6.45, 7) is 7.62. The van der Waals surface area contributed by atoms with Crippen molar-refractivity contribution in [1.82, 2.24) is 5.32 Å². The van der Waals surface area contributed by atoms with Crippen LogP contribution in [0.1, 0.15) is 18.9 Å². The molecular weight excluding hydrogens is 328 g/mol. The number of para-hydroxylation sites is 1. The third kappa shape index (κ3) is 4.51. The van der Waals surface area contributed by atoms with Gasteiger partial charge in [0, 0.05) is 11.3 Å². The van der Waals surface area contributed by atoms with E-state index in [0.717, 1.165) is 11.3 Å². The van der Waals surface area contributed by atoms with Gasteiger partial charge < -0.3 is 15.7 Å². The van der Waals surface area contributed by atoms with Crippen molar-refractivity contribution in [1.29, 1.82) is 0 Å². The Morgan fingerprint density at radius 2 is 2.12 bits per heavy atom. The van der Waals surface area contributed by atoms with Crippen molar-refractivity contribution >= 4 is 17.6 Å². The predicted molar refractivity (Wildman–Crippen MR) is 104 cm³/mol. The van der Waals surface area contributed by atoms with Crippen LogP contribution in [0.25, 0.3) is 0 Å². The second-order valence-corrected chi connectivity index (χ2v) is 6.08. The second kappa shape index (κ2) is 8.85. The molecule has 2 atom stereocenters. The molecule has 1 aromatic rings. The summed E-state index contributed by atoms with van der Waals surface area (Å²) in [4.78, 5) is 24.0. The van der Waals surface area contributed by atoms with Gasteiger partial charge in [-0.3, -0.25) is 9.59 Å². The van der Waals surface area contributed by atoms with Gasteiger partial charge in [-0.1, -0.05) is 43.0 Å². The van der Waals surface area contributed by atoms with Gasteiger partial charge in [0.25, 0.3) is 5.91 Å². The summed E-state index contributed by atoms with van der Waals surface area (Å²) in [7, 11) is 0. The molecule has 0 aliphatic carbocycles. The van der Waals surface area contributed by atoms with Crippen LogP contribution >= 0.6 is 0 Å². The molecule has 1 saturated heterocycles. The molecule has 1 amide bonds. The lowest BCUT2D eigenvalue weighted by atomic mass is 9.82. The number of aryl methyl sites for hydroxylation is 1. The van der Waals surface area contributed by atoms with Gasteiger partial charge >= 0.3 is 5.97 Å². The number of carboxylic acid groups (broad SMARTS) is 1. The van der Waals surface area contributed by atoms with Crippen molar-refractivity contribution < 1.29 is 14.7 Å². The molecule has 5 heteroatoms. The number of amides is 1. The molecule has 2 unspecified atom stereocenters. The normalized spacial score (nSPS) is 22.2. The molecule has 3 N–H and O–H groups in total. The maximum Gasteiger partial charge on any atom is 0.313 e. The van der Waals surface area contributed by atoms with Gasteiger partial charge in [0.15, 0.2) is 0 Å². The van der Waals surface area contributed by atoms with Crippen molar-refractivity contribution in [2.75, 3.05) is 5.32 Å².